The Labute approximate surface area is 89.0 Å². The van der Waals surface area contributed by atoms with Gasteiger partial charge in [-0.05, 0) is 50.4 Å². The van der Waals surface area contributed by atoms with E-state index in [2.05, 4.69) is 44.8 Å². The maximum Gasteiger partial charge on any atom is 0.241 e. The maximum atomic E-state index is 5.73. The highest BCUT2D eigenvalue weighted by Gasteiger charge is 2.21. The number of allylic oxidation sites excluding steroid dienone is 3. The number of hydrogen-bond acceptors (Lipinski definition) is 1. The summed E-state index contributed by atoms with van der Waals surface area (Å²) in [4.78, 5) is 0. The molecule has 0 amide bonds. The normalized spacial score (nSPS) is 28.3. The molecule has 0 aliphatic heterocycles. The molecule has 0 aromatic heterocycles. The Morgan fingerprint density at radius 2 is 2.00 bits per heavy atom. The molecule has 0 fully saturated rings. The highest BCUT2D eigenvalue weighted by molar-refractivity contribution is 6.69. The Morgan fingerprint density at radius 3 is 2.50 bits per heavy atom. The van der Waals surface area contributed by atoms with Gasteiger partial charge in [0.25, 0.3) is 0 Å². The fraction of sp³-hybridized carbons (Fsp3) is 0.667. The summed E-state index contributed by atoms with van der Waals surface area (Å²) in [5.41, 5.74) is 0.328. The van der Waals surface area contributed by atoms with Gasteiger partial charge in [0.1, 0.15) is 0 Å². The van der Waals surface area contributed by atoms with Gasteiger partial charge in [0.05, 0.1) is 6.26 Å². The molecule has 1 atom stereocenters. The van der Waals surface area contributed by atoms with Gasteiger partial charge in [-0.1, -0.05) is 19.1 Å². The van der Waals surface area contributed by atoms with E-state index >= 15 is 0 Å². The summed E-state index contributed by atoms with van der Waals surface area (Å²) in [6, 6.07) is 0. The quantitative estimate of drug-likeness (QED) is 0.387. The van der Waals surface area contributed by atoms with Crippen LogP contribution in [0.4, 0.5) is 0 Å². The fourth-order valence-electron chi connectivity index (χ4n) is 1.54. The third-order valence-electron chi connectivity index (χ3n) is 2.52. The largest absolute Gasteiger partial charge is 0.550 e. The van der Waals surface area contributed by atoms with Gasteiger partial charge >= 0.3 is 0 Å². The van der Waals surface area contributed by atoms with E-state index in [9.17, 15) is 0 Å². The number of rotatable bonds is 3. The predicted octanol–water partition coefficient (Wildman–Crippen LogP) is 4.10. The molecule has 1 nitrogen and oxygen atoms in total. The molecule has 0 radical (unpaired) electrons. The maximum absolute atomic E-state index is 5.73. The molecule has 1 aliphatic carbocycles. The lowest BCUT2D eigenvalue weighted by atomic mass is 9.79. The third-order valence-corrected chi connectivity index (χ3v) is 3.37. The zero-order chi connectivity index (χ0) is 10.7. The molecule has 0 saturated carbocycles. The molecule has 0 aromatic carbocycles. The zero-order valence-corrected chi connectivity index (χ0v) is 10.8. The fourth-order valence-corrected chi connectivity index (χ4v) is 2.02. The van der Waals surface area contributed by atoms with E-state index in [0.29, 0.717) is 5.41 Å². The second-order valence-electron chi connectivity index (χ2n) is 5.40. The van der Waals surface area contributed by atoms with Gasteiger partial charge in [-0.3, -0.25) is 0 Å². The van der Waals surface area contributed by atoms with Gasteiger partial charge in [-0.15, -0.1) is 0 Å². The van der Waals surface area contributed by atoms with E-state index in [0.717, 1.165) is 6.42 Å². The minimum atomic E-state index is -1.38. The lowest BCUT2D eigenvalue weighted by molar-refractivity contribution is 0.370. The Morgan fingerprint density at radius 1 is 1.29 bits per heavy atom. The van der Waals surface area contributed by atoms with E-state index in [1.807, 2.05) is 6.26 Å². The van der Waals surface area contributed by atoms with Crippen LogP contribution in [0.3, 0.4) is 0 Å². The Bertz CT molecular complexity index is 237. The first-order valence-electron chi connectivity index (χ1n) is 5.42. The van der Waals surface area contributed by atoms with Crippen LogP contribution in [0.5, 0.6) is 0 Å². The van der Waals surface area contributed by atoms with Gasteiger partial charge in [0.15, 0.2) is 0 Å². The highest BCUT2D eigenvalue weighted by Crippen LogP contribution is 2.33. The first kappa shape index (κ1) is 11.6. The monoisotopic (exact) mass is 210 g/mol. The van der Waals surface area contributed by atoms with Crippen molar-refractivity contribution < 1.29 is 4.43 Å². The second-order valence-corrected chi connectivity index (χ2v) is 9.86. The van der Waals surface area contributed by atoms with Crippen LogP contribution in [0.15, 0.2) is 24.5 Å². The molecule has 0 heterocycles. The van der Waals surface area contributed by atoms with Gasteiger partial charge < -0.3 is 4.43 Å². The predicted molar refractivity (Wildman–Crippen MR) is 64.7 cm³/mol. The lowest BCUT2D eigenvalue weighted by Gasteiger charge is -2.27. The SMILES string of the molecule is C[C@]1(/C=C/O[Si](C)(C)C)CC=CCC1. The van der Waals surface area contributed by atoms with Crippen LogP contribution < -0.4 is 0 Å². The Balaban J connectivity index is 2.46. The molecule has 14 heavy (non-hydrogen) atoms. The summed E-state index contributed by atoms with van der Waals surface area (Å²) >= 11 is 0. The molecule has 0 N–H and O–H groups in total. The van der Waals surface area contributed by atoms with Crippen LogP contribution in [0.25, 0.3) is 0 Å². The van der Waals surface area contributed by atoms with E-state index in [4.69, 9.17) is 4.43 Å². The van der Waals surface area contributed by atoms with Gasteiger partial charge in [-0.25, -0.2) is 0 Å². The van der Waals surface area contributed by atoms with E-state index in [-0.39, 0.29) is 0 Å². The van der Waals surface area contributed by atoms with Crippen molar-refractivity contribution in [1.82, 2.24) is 0 Å². The minimum absolute atomic E-state index is 0.328. The van der Waals surface area contributed by atoms with Crippen LogP contribution in [-0.4, -0.2) is 8.32 Å². The van der Waals surface area contributed by atoms with E-state index < -0.39 is 8.32 Å². The topological polar surface area (TPSA) is 9.23 Å². The van der Waals surface area contributed by atoms with Crippen molar-refractivity contribution in [1.29, 1.82) is 0 Å². The zero-order valence-electron chi connectivity index (χ0n) is 9.84. The second kappa shape index (κ2) is 4.35. The summed E-state index contributed by atoms with van der Waals surface area (Å²) in [5, 5.41) is 0. The average molecular weight is 210 g/mol. The smallest absolute Gasteiger partial charge is 0.241 e. The highest BCUT2D eigenvalue weighted by atomic mass is 28.4. The van der Waals surface area contributed by atoms with Crippen LogP contribution in [-0.2, 0) is 4.43 Å². The molecule has 1 rings (SSSR count). The number of hydrogen-bond donors (Lipinski definition) is 0. The van der Waals surface area contributed by atoms with E-state index in [1.165, 1.54) is 12.8 Å². The minimum Gasteiger partial charge on any atom is -0.550 e. The average Bonchev–Trinajstić information content (AvgIpc) is 2.02. The molecule has 80 valence electrons. The summed E-state index contributed by atoms with van der Waals surface area (Å²) in [7, 11) is -1.38. The molecule has 0 unspecified atom stereocenters. The molecule has 0 saturated heterocycles. The standard InChI is InChI=1S/C12H22OSi/c1-12(8-6-5-7-9-12)10-11-13-14(2,3)4/h5-6,10-11H,7-9H2,1-4H3/b11-10+/t12-/m0/s1. The molecule has 0 bridgehead atoms. The summed E-state index contributed by atoms with van der Waals surface area (Å²) in [6.07, 6.45) is 12.3. The molecular formula is C12H22OSi. The summed E-state index contributed by atoms with van der Waals surface area (Å²) in [6.45, 7) is 8.93. The third kappa shape index (κ3) is 4.14. The van der Waals surface area contributed by atoms with Gasteiger partial charge in [0.2, 0.25) is 8.32 Å². The molecule has 0 aromatic rings. The molecule has 0 spiro atoms. The molecule has 2 heteroatoms. The first-order valence-corrected chi connectivity index (χ1v) is 8.83. The van der Waals surface area contributed by atoms with Crippen molar-refractivity contribution in [2.45, 2.75) is 45.8 Å². The van der Waals surface area contributed by atoms with Crippen molar-refractivity contribution in [3.63, 3.8) is 0 Å². The summed E-state index contributed by atoms with van der Waals surface area (Å²) < 4.78 is 5.73. The molecular weight excluding hydrogens is 188 g/mol. The lowest BCUT2D eigenvalue weighted by Crippen LogP contribution is -2.23. The van der Waals surface area contributed by atoms with E-state index in [1.54, 1.807) is 0 Å². The Kier molecular flexibility index (Phi) is 3.59. The van der Waals surface area contributed by atoms with Crippen LogP contribution in [0, 0.1) is 5.41 Å². The first-order chi connectivity index (χ1) is 6.41. The van der Waals surface area contributed by atoms with Gasteiger partial charge in [-0.2, -0.15) is 0 Å². The van der Waals surface area contributed by atoms with Crippen molar-refractivity contribution in [2.24, 2.45) is 5.41 Å². The van der Waals surface area contributed by atoms with Crippen molar-refractivity contribution in [3.8, 4) is 0 Å². The van der Waals surface area contributed by atoms with Crippen molar-refractivity contribution in [3.05, 3.63) is 24.5 Å². The van der Waals surface area contributed by atoms with Crippen LogP contribution >= 0.6 is 0 Å². The van der Waals surface area contributed by atoms with Crippen LogP contribution in [0.2, 0.25) is 19.6 Å². The van der Waals surface area contributed by atoms with Crippen molar-refractivity contribution >= 4 is 8.32 Å². The molecule has 1 aliphatic rings. The van der Waals surface area contributed by atoms with Crippen molar-refractivity contribution in [2.75, 3.05) is 0 Å². The van der Waals surface area contributed by atoms with Crippen LogP contribution in [0.1, 0.15) is 26.2 Å². The summed E-state index contributed by atoms with van der Waals surface area (Å²) in [5.74, 6) is 0. The van der Waals surface area contributed by atoms with Gasteiger partial charge in [0, 0.05) is 0 Å². The Hall–Kier alpha value is -0.503.